The van der Waals surface area contributed by atoms with E-state index < -0.39 is 6.10 Å². The SMILES string of the molecule is C/C(CC(O)c1ccccc1)=N/O. The van der Waals surface area contributed by atoms with E-state index in [0.29, 0.717) is 12.1 Å². The zero-order valence-electron chi connectivity index (χ0n) is 7.51. The molecule has 1 rings (SSSR count). The Labute approximate surface area is 77.3 Å². The molecule has 3 heteroatoms. The summed E-state index contributed by atoms with van der Waals surface area (Å²) >= 11 is 0. The molecule has 0 aliphatic heterocycles. The van der Waals surface area contributed by atoms with Gasteiger partial charge in [0.15, 0.2) is 0 Å². The van der Waals surface area contributed by atoms with E-state index in [4.69, 9.17) is 5.21 Å². The third-order valence-electron chi connectivity index (χ3n) is 1.84. The van der Waals surface area contributed by atoms with Crippen LogP contribution in [0.4, 0.5) is 0 Å². The zero-order chi connectivity index (χ0) is 9.68. The van der Waals surface area contributed by atoms with Gasteiger partial charge >= 0.3 is 0 Å². The van der Waals surface area contributed by atoms with Gasteiger partial charge in [0.2, 0.25) is 0 Å². The highest BCUT2D eigenvalue weighted by Crippen LogP contribution is 2.16. The van der Waals surface area contributed by atoms with Crippen LogP contribution in [0.1, 0.15) is 25.0 Å². The molecule has 1 unspecified atom stereocenters. The van der Waals surface area contributed by atoms with Gasteiger partial charge in [0.25, 0.3) is 0 Å². The third-order valence-corrected chi connectivity index (χ3v) is 1.84. The highest BCUT2D eigenvalue weighted by molar-refractivity contribution is 5.81. The molecular weight excluding hydrogens is 166 g/mol. The molecule has 0 saturated heterocycles. The lowest BCUT2D eigenvalue weighted by Crippen LogP contribution is -2.03. The number of rotatable bonds is 3. The fourth-order valence-electron chi connectivity index (χ4n) is 1.11. The summed E-state index contributed by atoms with van der Waals surface area (Å²) < 4.78 is 0. The first kappa shape index (κ1) is 9.74. The molecule has 0 heterocycles. The molecule has 1 aromatic rings. The van der Waals surface area contributed by atoms with Gasteiger partial charge in [-0.05, 0) is 12.5 Å². The minimum absolute atomic E-state index is 0.362. The van der Waals surface area contributed by atoms with Gasteiger partial charge in [0, 0.05) is 6.42 Å². The van der Waals surface area contributed by atoms with Crippen molar-refractivity contribution >= 4 is 5.71 Å². The maximum atomic E-state index is 9.63. The van der Waals surface area contributed by atoms with Crippen molar-refractivity contribution in [3.8, 4) is 0 Å². The summed E-state index contributed by atoms with van der Waals surface area (Å²) in [7, 11) is 0. The normalized spacial score (nSPS) is 14.2. The van der Waals surface area contributed by atoms with E-state index in [-0.39, 0.29) is 0 Å². The first-order valence-corrected chi connectivity index (χ1v) is 4.14. The van der Waals surface area contributed by atoms with E-state index in [2.05, 4.69) is 5.16 Å². The molecule has 0 saturated carbocycles. The average molecular weight is 179 g/mol. The molecular formula is C10H13NO2. The summed E-state index contributed by atoms with van der Waals surface area (Å²) in [6, 6.07) is 9.31. The van der Waals surface area contributed by atoms with Crippen LogP contribution in [0.3, 0.4) is 0 Å². The highest BCUT2D eigenvalue weighted by Gasteiger charge is 2.07. The van der Waals surface area contributed by atoms with E-state index in [0.717, 1.165) is 5.56 Å². The Hall–Kier alpha value is -1.35. The van der Waals surface area contributed by atoms with E-state index in [1.165, 1.54) is 0 Å². The van der Waals surface area contributed by atoms with Crippen molar-refractivity contribution in [3.05, 3.63) is 35.9 Å². The number of aliphatic hydroxyl groups is 1. The highest BCUT2D eigenvalue weighted by atomic mass is 16.4. The number of nitrogens with zero attached hydrogens (tertiary/aromatic N) is 1. The van der Waals surface area contributed by atoms with Gasteiger partial charge in [0.1, 0.15) is 0 Å². The van der Waals surface area contributed by atoms with Crippen LogP contribution in [0.5, 0.6) is 0 Å². The van der Waals surface area contributed by atoms with Crippen molar-refractivity contribution < 1.29 is 10.3 Å². The van der Waals surface area contributed by atoms with E-state index >= 15 is 0 Å². The van der Waals surface area contributed by atoms with Gasteiger partial charge in [-0.15, -0.1) is 0 Å². The molecule has 70 valence electrons. The fraction of sp³-hybridized carbons (Fsp3) is 0.300. The number of hydrogen-bond donors (Lipinski definition) is 2. The lowest BCUT2D eigenvalue weighted by Gasteiger charge is -2.08. The van der Waals surface area contributed by atoms with E-state index in [9.17, 15) is 5.11 Å². The average Bonchev–Trinajstić information content (AvgIpc) is 2.19. The summed E-state index contributed by atoms with van der Waals surface area (Å²) in [5.41, 5.74) is 1.36. The van der Waals surface area contributed by atoms with Crippen LogP contribution in [-0.4, -0.2) is 16.0 Å². The Morgan fingerprint density at radius 3 is 2.54 bits per heavy atom. The molecule has 0 fully saturated rings. The quantitative estimate of drug-likeness (QED) is 0.423. The summed E-state index contributed by atoms with van der Waals surface area (Å²) in [5, 5.41) is 21.0. The van der Waals surface area contributed by atoms with E-state index in [1.807, 2.05) is 30.3 Å². The smallest absolute Gasteiger partial charge is 0.0843 e. The van der Waals surface area contributed by atoms with Crippen LogP contribution in [-0.2, 0) is 0 Å². The first-order chi connectivity index (χ1) is 6.24. The molecule has 13 heavy (non-hydrogen) atoms. The van der Waals surface area contributed by atoms with Crippen molar-refractivity contribution in [2.75, 3.05) is 0 Å². The molecule has 0 aromatic heterocycles. The lowest BCUT2D eigenvalue weighted by molar-refractivity contribution is 0.184. The molecule has 0 aliphatic carbocycles. The van der Waals surface area contributed by atoms with Crippen molar-refractivity contribution in [3.63, 3.8) is 0 Å². The Bertz CT molecular complexity index is 282. The van der Waals surface area contributed by atoms with Gasteiger partial charge in [-0.2, -0.15) is 0 Å². The van der Waals surface area contributed by atoms with Gasteiger partial charge < -0.3 is 10.3 Å². The fourth-order valence-corrected chi connectivity index (χ4v) is 1.11. The van der Waals surface area contributed by atoms with E-state index in [1.54, 1.807) is 6.92 Å². The predicted octanol–water partition coefficient (Wildman–Crippen LogP) is 1.96. The van der Waals surface area contributed by atoms with Crippen molar-refractivity contribution in [1.82, 2.24) is 0 Å². The van der Waals surface area contributed by atoms with Crippen LogP contribution < -0.4 is 0 Å². The number of hydrogen-bond acceptors (Lipinski definition) is 3. The summed E-state index contributed by atoms with van der Waals surface area (Å²) in [6.45, 7) is 1.67. The molecule has 2 N–H and O–H groups in total. The molecule has 0 amide bonds. The molecule has 1 atom stereocenters. The van der Waals surface area contributed by atoms with Gasteiger partial charge in [-0.1, -0.05) is 35.5 Å². The number of oxime groups is 1. The number of aliphatic hydroxyl groups excluding tert-OH is 1. The molecule has 3 nitrogen and oxygen atoms in total. The van der Waals surface area contributed by atoms with Crippen LogP contribution in [0.15, 0.2) is 35.5 Å². The minimum atomic E-state index is -0.586. The molecule has 0 bridgehead atoms. The first-order valence-electron chi connectivity index (χ1n) is 4.14. The minimum Gasteiger partial charge on any atom is -0.411 e. The largest absolute Gasteiger partial charge is 0.411 e. The summed E-state index contributed by atoms with van der Waals surface area (Å²) in [6.07, 6.45) is -0.224. The second-order valence-corrected chi connectivity index (χ2v) is 2.97. The Morgan fingerprint density at radius 2 is 2.00 bits per heavy atom. The maximum absolute atomic E-state index is 9.63. The Kier molecular flexibility index (Phi) is 3.46. The lowest BCUT2D eigenvalue weighted by atomic mass is 10.1. The van der Waals surface area contributed by atoms with Crippen molar-refractivity contribution in [2.45, 2.75) is 19.4 Å². The Balaban J connectivity index is 2.64. The van der Waals surface area contributed by atoms with Crippen molar-refractivity contribution in [1.29, 1.82) is 0 Å². The van der Waals surface area contributed by atoms with Crippen LogP contribution in [0.2, 0.25) is 0 Å². The van der Waals surface area contributed by atoms with Crippen LogP contribution in [0.25, 0.3) is 0 Å². The molecule has 0 radical (unpaired) electrons. The number of benzene rings is 1. The van der Waals surface area contributed by atoms with Crippen molar-refractivity contribution in [2.24, 2.45) is 5.16 Å². The molecule has 0 spiro atoms. The monoisotopic (exact) mass is 179 g/mol. The van der Waals surface area contributed by atoms with Gasteiger partial charge in [-0.25, -0.2) is 0 Å². The zero-order valence-corrected chi connectivity index (χ0v) is 7.51. The summed E-state index contributed by atoms with van der Waals surface area (Å²) in [4.78, 5) is 0. The van der Waals surface area contributed by atoms with Crippen LogP contribution >= 0.6 is 0 Å². The van der Waals surface area contributed by atoms with Gasteiger partial charge in [0.05, 0.1) is 11.8 Å². The third kappa shape index (κ3) is 2.87. The topological polar surface area (TPSA) is 52.8 Å². The standard InChI is InChI=1S/C10H13NO2/c1-8(11-13)7-10(12)9-5-3-2-4-6-9/h2-6,10,12-13H,7H2,1H3/b11-8-. The molecule has 0 aliphatic rings. The molecule has 1 aromatic carbocycles. The second-order valence-electron chi connectivity index (χ2n) is 2.97. The van der Waals surface area contributed by atoms with Crippen LogP contribution in [0, 0.1) is 0 Å². The van der Waals surface area contributed by atoms with Gasteiger partial charge in [-0.3, -0.25) is 0 Å². The maximum Gasteiger partial charge on any atom is 0.0843 e. The Morgan fingerprint density at radius 1 is 1.38 bits per heavy atom. The predicted molar refractivity (Wildman–Crippen MR) is 50.9 cm³/mol. The summed E-state index contributed by atoms with van der Waals surface area (Å²) in [5.74, 6) is 0. The second kappa shape index (κ2) is 4.62.